The Bertz CT molecular complexity index is 284. The fourth-order valence-corrected chi connectivity index (χ4v) is 3.18. The molecule has 1 aliphatic heterocycles. The highest BCUT2D eigenvalue weighted by Crippen LogP contribution is 2.43. The molecule has 1 saturated carbocycles. The lowest BCUT2D eigenvalue weighted by Crippen LogP contribution is -2.42. The van der Waals surface area contributed by atoms with Crippen molar-refractivity contribution in [2.45, 2.75) is 44.9 Å². The first-order valence-electron chi connectivity index (χ1n) is 7.70. The fourth-order valence-electron chi connectivity index (χ4n) is 3.18. The highest BCUT2D eigenvalue weighted by atomic mass is 16.5. The molecule has 110 valence electrons. The first-order valence-corrected chi connectivity index (χ1v) is 7.70. The first-order chi connectivity index (χ1) is 9.24. The number of amides is 1. The molecule has 0 aromatic rings. The molecule has 4 heteroatoms. The molecule has 0 spiro atoms. The lowest BCUT2D eigenvalue weighted by molar-refractivity contribution is -0.122. The van der Waals surface area contributed by atoms with E-state index in [2.05, 4.69) is 10.6 Å². The predicted octanol–water partition coefficient (Wildman–Crippen LogP) is 1.70. The Kier molecular flexibility index (Phi) is 5.64. The minimum absolute atomic E-state index is 0.232. The molecule has 1 unspecified atom stereocenters. The molecule has 0 radical (unpaired) electrons. The summed E-state index contributed by atoms with van der Waals surface area (Å²) < 4.78 is 5.18. The summed E-state index contributed by atoms with van der Waals surface area (Å²) in [5.74, 6) is 0.937. The third kappa shape index (κ3) is 4.46. The van der Waals surface area contributed by atoms with Crippen molar-refractivity contribution < 1.29 is 9.53 Å². The van der Waals surface area contributed by atoms with Gasteiger partial charge in [0.05, 0.1) is 0 Å². The van der Waals surface area contributed by atoms with E-state index in [-0.39, 0.29) is 5.91 Å². The highest BCUT2D eigenvalue weighted by Gasteiger charge is 2.36. The van der Waals surface area contributed by atoms with Crippen molar-refractivity contribution in [2.75, 3.05) is 33.4 Å². The number of hydrogen-bond acceptors (Lipinski definition) is 3. The third-order valence-electron chi connectivity index (χ3n) is 4.85. The largest absolute Gasteiger partial charge is 0.385 e. The molecule has 0 aromatic heterocycles. The Morgan fingerprint density at radius 3 is 2.89 bits per heavy atom. The molecule has 0 bridgehead atoms. The Morgan fingerprint density at radius 2 is 2.32 bits per heavy atom. The zero-order valence-corrected chi connectivity index (χ0v) is 12.2. The van der Waals surface area contributed by atoms with E-state index in [1.54, 1.807) is 7.11 Å². The summed E-state index contributed by atoms with van der Waals surface area (Å²) in [7, 11) is 1.75. The van der Waals surface area contributed by atoms with Crippen molar-refractivity contribution >= 4 is 5.91 Å². The van der Waals surface area contributed by atoms with E-state index >= 15 is 0 Å². The minimum Gasteiger partial charge on any atom is -0.385 e. The second-order valence-corrected chi connectivity index (χ2v) is 6.27. The standard InChI is InChI=1S/C15H28N2O2/c1-19-10-8-15(6-2-7-15)12-17-14(18)4-3-13-5-9-16-11-13/h13,16H,2-12H2,1H3,(H,17,18). The van der Waals surface area contributed by atoms with Crippen LogP contribution in [0.1, 0.15) is 44.9 Å². The van der Waals surface area contributed by atoms with Gasteiger partial charge in [-0.2, -0.15) is 0 Å². The minimum atomic E-state index is 0.232. The van der Waals surface area contributed by atoms with Crippen molar-refractivity contribution in [2.24, 2.45) is 11.3 Å². The molecule has 1 aliphatic carbocycles. The lowest BCUT2D eigenvalue weighted by Gasteiger charge is -2.42. The third-order valence-corrected chi connectivity index (χ3v) is 4.85. The van der Waals surface area contributed by atoms with Gasteiger partial charge in [0.15, 0.2) is 0 Å². The number of nitrogens with one attached hydrogen (secondary N) is 2. The van der Waals surface area contributed by atoms with E-state index in [0.717, 1.165) is 39.1 Å². The van der Waals surface area contributed by atoms with Crippen LogP contribution in [-0.2, 0) is 9.53 Å². The molecule has 2 fully saturated rings. The number of rotatable bonds is 8. The van der Waals surface area contributed by atoms with E-state index in [1.807, 2.05) is 0 Å². The monoisotopic (exact) mass is 268 g/mol. The summed E-state index contributed by atoms with van der Waals surface area (Å²) in [5.41, 5.74) is 0.334. The normalized spacial score (nSPS) is 25.0. The van der Waals surface area contributed by atoms with Crippen LogP contribution >= 0.6 is 0 Å². The lowest BCUT2D eigenvalue weighted by atomic mass is 9.66. The van der Waals surface area contributed by atoms with Gasteiger partial charge >= 0.3 is 0 Å². The molecule has 2 N–H and O–H groups in total. The summed E-state index contributed by atoms with van der Waals surface area (Å²) in [6.45, 7) is 3.86. The van der Waals surface area contributed by atoms with Crippen LogP contribution in [0.3, 0.4) is 0 Å². The van der Waals surface area contributed by atoms with Crippen LogP contribution in [0, 0.1) is 11.3 Å². The Morgan fingerprint density at radius 1 is 1.47 bits per heavy atom. The summed E-state index contributed by atoms with van der Waals surface area (Å²) in [6.07, 6.45) is 7.80. The Labute approximate surface area is 116 Å². The number of carbonyl (C=O) groups excluding carboxylic acids is 1. The molecule has 1 amide bonds. The highest BCUT2D eigenvalue weighted by molar-refractivity contribution is 5.75. The molecular weight excluding hydrogens is 240 g/mol. The van der Waals surface area contributed by atoms with Gasteiger partial charge in [0.1, 0.15) is 0 Å². The smallest absolute Gasteiger partial charge is 0.220 e. The maximum absolute atomic E-state index is 11.9. The van der Waals surface area contributed by atoms with E-state index in [4.69, 9.17) is 4.74 Å². The number of carbonyl (C=O) groups is 1. The second-order valence-electron chi connectivity index (χ2n) is 6.27. The molecule has 2 aliphatic rings. The van der Waals surface area contributed by atoms with Crippen molar-refractivity contribution in [1.29, 1.82) is 0 Å². The van der Waals surface area contributed by atoms with Crippen LogP contribution in [-0.4, -0.2) is 39.3 Å². The summed E-state index contributed by atoms with van der Waals surface area (Å²) in [6, 6.07) is 0. The van der Waals surface area contributed by atoms with Gasteiger partial charge in [0.25, 0.3) is 0 Å². The van der Waals surface area contributed by atoms with E-state index in [1.165, 1.54) is 25.7 Å². The molecule has 2 rings (SSSR count). The maximum atomic E-state index is 11.9. The Balaban J connectivity index is 1.61. The van der Waals surface area contributed by atoms with Crippen molar-refractivity contribution in [1.82, 2.24) is 10.6 Å². The molecule has 1 saturated heterocycles. The molecule has 1 atom stereocenters. The van der Waals surface area contributed by atoms with Crippen molar-refractivity contribution in [3.05, 3.63) is 0 Å². The summed E-state index contributed by atoms with van der Waals surface area (Å²) in [4.78, 5) is 11.9. The average Bonchev–Trinajstić information content (AvgIpc) is 2.88. The zero-order chi connectivity index (χ0) is 13.6. The van der Waals surface area contributed by atoms with Crippen LogP contribution in [0.4, 0.5) is 0 Å². The second kappa shape index (κ2) is 7.25. The van der Waals surface area contributed by atoms with Gasteiger partial charge in [-0.05, 0) is 56.5 Å². The van der Waals surface area contributed by atoms with Gasteiger partial charge in [-0.15, -0.1) is 0 Å². The van der Waals surface area contributed by atoms with Gasteiger partial charge in [-0.1, -0.05) is 6.42 Å². The van der Waals surface area contributed by atoms with Gasteiger partial charge in [0.2, 0.25) is 5.91 Å². The molecule has 19 heavy (non-hydrogen) atoms. The quantitative estimate of drug-likeness (QED) is 0.704. The predicted molar refractivity (Wildman–Crippen MR) is 76.0 cm³/mol. The molecule has 1 heterocycles. The van der Waals surface area contributed by atoms with Gasteiger partial charge in [-0.25, -0.2) is 0 Å². The zero-order valence-electron chi connectivity index (χ0n) is 12.2. The SMILES string of the molecule is COCCC1(CNC(=O)CCC2CCNC2)CCC1. The van der Waals surface area contributed by atoms with E-state index in [9.17, 15) is 4.79 Å². The van der Waals surface area contributed by atoms with Gasteiger partial charge in [-0.3, -0.25) is 4.79 Å². The fraction of sp³-hybridized carbons (Fsp3) is 0.933. The average molecular weight is 268 g/mol. The topological polar surface area (TPSA) is 50.4 Å². The van der Waals surface area contributed by atoms with Gasteiger partial charge in [0, 0.05) is 26.7 Å². The maximum Gasteiger partial charge on any atom is 0.220 e. The van der Waals surface area contributed by atoms with E-state index < -0.39 is 0 Å². The van der Waals surface area contributed by atoms with Crippen molar-refractivity contribution in [3.8, 4) is 0 Å². The number of hydrogen-bond donors (Lipinski definition) is 2. The van der Waals surface area contributed by atoms with Crippen LogP contribution < -0.4 is 10.6 Å². The van der Waals surface area contributed by atoms with Crippen LogP contribution in [0.25, 0.3) is 0 Å². The van der Waals surface area contributed by atoms with Crippen LogP contribution in [0.15, 0.2) is 0 Å². The molecule has 4 nitrogen and oxygen atoms in total. The first kappa shape index (κ1) is 14.8. The summed E-state index contributed by atoms with van der Waals surface area (Å²) in [5, 5.41) is 6.49. The van der Waals surface area contributed by atoms with Crippen LogP contribution in [0.5, 0.6) is 0 Å². The van der Waals surface area contributed by atoms with E-state index in [0.29, 0.717) is 17.8 Å². The number of methoxy groups -OCH3 is 1. The van der Waals surface area contributed by atoms with Crippen molar-refractivity contribution in [3.63, 3.8) is 0 Å². The van der Waals surface area contributed by atoms with Gasteiger partial charge < -0.3 is 15.4 Å². The Hall–Kier alpha value is -0.610. The molecule has 0 aromatic carbocycles. The summed E-state index contributed by atoms with van der Waals surface area (Å²) >= 11 is 0. The van der Waals surface area contributed by atoms with Crippen LogP contribution in [0.2, 0.25) is 0 Å². The number of ether oxygens (including phenoxy) is 1. The molecular formula is C15H28N2O2.